The van der Waals surface area contributed by atoms with E-state index in [9.17, 15) is 14.4 Å². The average Bonchev–Trinajstić information content (AvgIpc) is 3.47. The van der Waals surface area contributed by atoms with Crippen LogP contribution in [0.25, 0.3) is 12.2 Å². The number of hydrogen-bond donors (Lipinski definition) is 1. The molecule has 1 atom stereocenters. The monoisotopic (exact) mass is 536 g/mol. The van der Waals surface area contributed by atoms with E-state index in [-0.39, 0.29) is 31.3 Å². The van der Waals surface area contributed by atoms with E-state index in [1.807, 2.05) is 115 Å². The summed E-state index contributed by atoms with van der Waals surface area (Å²) in [6.07, 6.45) is 9.46. The Morgan fingerprint density at radius 1 is 0.850 bits per heavy atom. The number of benzene rings is 3. The number of rotatable bonds is 11. The number of amides is 2. The molecule has 6 nitrogen and oxygen atoms in total. The minimum Gasteiger partial charge on any atom is -0.459 e. The maximum atomic E-state index is 14.3. The SMILES string of the molecule is CC(=O)NC(C/C=C/c1ccccc1)(C/C=C/c1ccccc1)C(=O)N1CCC[C@H]1C(=O)OCc1ccccc1. The predicted molar refractivity (Wildman–Crippen MR) is 158 cm³/mol. The van der Waals surface area contributed by atoms with Gasteiger partial charge in [0.05, 0.1) is 0 Å². The highest BCUT2D eigenvalue weighted by Gasteiger charge is 2.45. The summed E-state index contributed by atoms with van der Waals surface area (Å²) < 4.78 is 5.62. The molecule has 0 spiro atoms. The number of esters is 1. The van der Waals surface area contributed by atoms with Crippen molar-refractivity contribution in [3.05, 3.63) is 120 Å². The van der Waals surface area contributed by atoms with Crippen molar-refractivity contribution in [2.24, 2.45) is 0 Å². The van der Waals surface area contributed by atoms with Crippen molar-refractivity contribution in [2.75, 3.05) is 6.54 Å². The lowest BCUT2D eigenvalue weighted by atomic mass is 9.87. The van der Waals surface area contributed by atoms with Gasteiger partial charge >= 0.3 is 5.97 Å². The Hall–Kier alpha value is -4.45. The number of hydrogen-bond acceptors (Lipinski definition) is 4. The van der Waals surface area contributed by atoms with E-state index < -0.39 is 17.6 Å². The third kappa shape index (κ3) is 7.79. The molecular weight excluding hydrogens is 500 g/mol. The van der Waals surface area contributed by atoms with Crippen molar-refractivity contribution < 1.29 is 19.1 Å². The normalized spacial score (nSPS) is 15.4. The van der Waals surface area contributed by atoms with Crippen molar-refractivity contribution >= 4 is 29.9 Å². The first kappa shape index (κ1) is 28.6. The number of ether oxygens (including phenoxy) is 1. The maximum Gasteiger partial charge on any atom is 0.329 e. The molecule has 0 saturated carbocycles. The van der Waals surface area contributed by atoms with E-state index in [0.29, 0.717) is 19.4 Å². The van der Waals surface area contributed by atoms with Gasteiger partial charge in [0, 0.05) is 13.5 Å². The zero-order chi connectivity index (χ0) is 28.2. The molecule has 0 aromatic heterocycles. The van der Waals surface area contributed by atoms with E-state index in [1.54, 1.807) is 4.90 Å². The minimum atomic E-state index is -1.26. The molecule has 1 saturated heterocycles. The Morgan fingerprint density at radius 3 is 1.90 bits per heavy atom. The van der Waals surface area contributed by atoms with E-state index in [0.717, 1.165) is 16.7 Å². The average molecular weight is 537 g/mol. The van der Waals surface area contributed by atoms with Crippen molar-refractivity contribution in [2.45, 2.75) is 50.8 Å². The lowest BCUT2D eigenvalue weighted by molar-refractivity contribution is -0.156. The molecule has 3 aromatic carbocycles. The summed E-state index contributed by atoms with van der Waals surface area (Å²) in [6, 6.07) is 28.4. The molecule has 2 amide bonds. The first-order chi connectivity index (χ1) is 19.5. The van der Waals surface area contributed by atoms with Crippen LogP contribution in [-0.2, 0) is 25.7 Å². The van der Waals surface area contributed by atoms with Crippen LogP contribution in [-0.4, -0.2) is 40.8 Å². The van der Waals surface area contributed by atoms with Gasteiger partial charge in [0.15, 0.2) is 0 Å². The maximum absolute atomic E-state index is 14.3. The van der Waals surface area contributed by atoms with Gasteiger partial charge in [-0.3, -0.25) is 9.59 Å². The molecule has 1 fully saturated rings. The summed E-state index contributed by atoms with van der Waals surface area (Å²) in [5, 5.41) is 2.98. The molecule has 0 radical (unpaired) electrons. The van der Waals surface area contributed by atoms with Gasteiger partial charge in [0.1, 0.15) is 18.2 Å². The third-order valence-electron chi connectivity index (χ3n) is 6.99. The Morgan fingerprint density at radius 2 is 1.38 bits per heavy atom. The van der Waals surface area contributed by atoms with Crippen molar-refractivity contribution in [3.63, 3.8) is 0 Å². The molecule has 0 bridgehead atoms. The molecule has 1 N–H and O–H groups in total. The molecule has 1 aliphatic rings. The number of nitrogens with zero attached hydrogens (tertiary/aromatic N) is 1. The van der Waals surface area contributed by atoms with Crippen molar-refractivity contribution in [1.82, 2.24) is 10.2 Å². The molecule has 6 heteroatoms. The number of likely N-dealkylation sites (tertiary alicyclic amines) is 1. The van der Waals surface area contributed by atoms with Crippen LogP contribution in [0.15, 0.2) is 103 Å². The predicted octanol–water partition coefficient (Wildman–Crippen LogP) is 5.80. The molecule has 1 heterocycles. The molecule has 40 heavy (non-hydrogen) atoms. The first-order valence-electron chi connectivity index (χ1n) is 13.7. The van der Waals surface area contributed by atoms with E-state index in [4.69, 9.17) is 4.74 Å². The van der Waals surface area contributed by atoms with Gasteiger partial charge in [-0.25, -0.2) is 4.79 Å². The second-order valence-electron chi connectivity index (χ2n) is 10.0. The second-order valence-corrected chi connectivity index (χ2v) is 10.0. The van der Waals surface area contributed by atoms with Crippen molar-refractivity contribution in [1.29, 1.82) is 0 Å². The van der Waals surface area contributed by atoms with Crippen LogP contribution in [0.1, 0.15) is 49.3 Å². The Labute approximate surface area is 236 Å². The molecule has 3 aromatic rings. The summed E-state index contributed by atoms with van der Waals surface area (Å²) in [6.45, 7) is 1.99. The smallest absolute Gasteiger partial charge is 0.329 e. The highest BCUT2D eigenvalue weighted by molar-refractivity contribution is 5.94. The van der Waals surface area contributed by atoms with Gasteiger partial charge in [0.2, 0.25) is 11.8 Å². The molecular formula is C34H36N2O4. The lowest BCUT2D eigenvalue weighted by Crippen LogP contribution is -2.60. The van der Waals surface area contributed by atoms with Gasteiger partial charge in [-0.2, -0.15) is 0 Å². The Bertz CT molecular complexity index is 1270. The topological polar surface area (TPSA) is 75.7 Å². The summed E-state index contributed by atoms with van der Waals surface area (Å²) >= 11 is 0. The largest absolute Gasteiger partial charge is 0.459 e. The van der Waals surface area contributed by atoms with Crippen molar-refractivity contribution in [3.8, 4) is 0 Å². The number of nitrogens with one attached hydrogen (secondary N) is 1. The van der Waals surface area contributed by atoms with Crippen LogP contribution in [0.2, 0.25) is 0 Å². The molecule has 4 rings (SSSR count). The fraction of sp³-hybridized carbons (Fsp3) is 0.265. The fourth-order valence-electron chi connectivity index (χ4n) is 5.03. The molecule has 0 unspecified atom stereocenters. The second kappa shape index (κ2) is 14.1. The standard InChI is InChI=1S/C34H36N2O4/c1-27(37)35-34(23-11-20-28-14-5-2-6-15-28,24-12-21-29-16-7-3-8-17-29)33(39)36-25-13-22-31(36)32(38)40-26-30-18-9-4-10-19-30/h2-12,14-21,31H,13,22-26H2,1H3,(H,35,37)/b20-11+,21-12+/t31-/m0/s1. The van der Waals surface area contributed by atoms with Gasteiger partial charge < -0.3 is 15.0 Å². The van der Waals surface area contributed by atoms with Crippen LogP contribution in [0.3, 0.4) is 0 Å². The molecule has 0 aliphatic carbocycles. The highest BCUT2D eigenvalue weighted by atomic mass is 16.5. The zero-order valence-electron chi connectivity index (χ0n) is 22.9. The van der Waals surface area contributed by atoms with E-state index >= 15 is 0 Å². The third-order valence-corrected chi connectivity index (χ3v) is 6.99. The van der Waals surface area contributed by atoms with Gasteiger partial charge in [-0.15, -0.1) is 0 Å². The fourth-order valence-corrected chi connectivity index (χ4v) is 5.03. The number of carbonyl (C=O) groups excluding carboxylic acids is 3. The van der Waals surface area contributed by atoms with Gasteiger partial charge in [-0.05, 0) is 42.4 Å². The van der Waals surface area contributed by atoms with Gasteiger partial charge in [0.25, 0.3) is 0 Å². The van der Waals surface area contributed by atoms with Gasteiger partial charge in [-0.1, -0.05) is 115 Å². The molecule has 1 aliphatic heterocycles. The highest BCUT2D eigenvalue weighted by Crippen LogP contribution is 2.28. The minimum absolute atomic E-state index is 0.147. The van der Waals surface area contributed by atoms with Crippen LogP contribution < -0.4 is 5.32 Å². The lowest BCUT2D eigenvalue weighted by Gasteiger charge is -2.37. The summed E-state index contributed by atoms with van der Waals surface area (Å²) in [5.74, 6) is -1.01. The van der Waals surface area contributed by atoms with E-state index in [1.165, 1.54) is 6.92 Å². The Balaban J connectivity index is 1.59. The van der Waals surface area contributed by atoms with E-state index in [2.05, 4.69) is 5.32 Å². The van der Waals surface area contributed by atoms with Crippen LogP contribution >= 0.6 is 0 Å². The van der Waals surface area contributed by atoms with Crippen LogP contribution in [0, 0.1) is 0 Å². The first-order valence-corrected chi connectivity index (χ1v) is 13.7. The molecule has 206 valence electrons. The Kier molecular flexibility index (Phi) is 10.1. The summed E-state index contributed by atoms with van der Waals surface area (Å²) in [4.78, 5) is 41.6. The number of carbonyl (C=O) groups is 3. The van der Waals surface area contributed by atoms with Crippen LogP contribution in [0.5, 0.6) is 0 Å². The van der Waals surface area contributed by atoms with Crippen LogP contribution in [0.4, 0.5) is 0 Å². The summed E-state index contributed by atoms with van der Waals surface area (Å²) in [5.41, 5.74) is 1.62. The quantitative estimate of drug-likeness (QED) is 0.314. The summed E-state index contributed by atoms with van der Waals surface area (Å²) in [7, 11) is 0. The zero-order valence-corrected chi connectivity index (χ0v) is 22.9.